The highest BCUT2D eigenvalue weighted by atomic mass is 16.2. The maximum Gasteiger partial charge on any atom is 0.262 e. The number of hydrogen-bond donors (Lipinski definition) is 2. The van der Waals surface area contributed by atoms with Crippen LogP contribution in [0.5, 0.6) is 0 Å². The van der Waals surface area contributed by atoms with Crippen LogP contribution in [0.1, 0.15) is 62.0 Å². The summed E-state index contributed by atoms with van der Waals surface area (Å²) in [4.78, 5) is 35.6. The molecule has 1 saturated carbocycles. The van der Waals surface area contributed by atoms with Gasteiger partial charge in [0.2, 0.25) is 5.91 Å². The van der Waals surface area contributed by atoms with Gasteiger partial charge in [0, 0.05) is 24.7 Å². The first-order chi connectivity index (χ1) is 15.1. The summed E-state index contributed by atoms with van der Waals surface area (Å²) < 4.78 is 1.95. The molecule has 1 aliphatic carbocycles. The van der Waals surface area contributed by atoms with Crippen LogP contribution < -0.4 is 10.9 Å². The van der Waals surface area contributed by atoms with Gasteiger partial charge in [-0.05, 0) is 31.4 Å². The second-order valence-corrected chi connectivity index (χ2v) is 9.14. The van der Waals surface area contributed by atoms with Crippen LogP contribution in [0, 0.1) is 5.92 Å². The van der Waals surface area contributed by atoms with Gasteiger partial charge in [0.25, 0.3) is 5.56 Å². The molecule has 8 heteroatoms. The number of fused-ring (bicyclic) bond motifs is 4. The minimum absolute atomic E-state index is 0.0783. The molecule has 8 nitrogen and oxygen atoms in total. The van der Waals surface area contributed by atoms with E-state index in [0.29, 0.717) is 29.4 Å². The maximum atomic E-state index is 12.8. The lowest BCUT2D eigenvalue weighted by Crippen LogP contribution is -2.33. The highest BCUT2D eigenvalue weighted by molar-refractivity contribution is 5.97. The number of H-pyrrole nitrogens is 1. The van der Waals surface area contributed by atoms with Crippen LogP contribution in [0.15, 0.2) is 35.3 Å². The molecule has 2 aromatic heterocycles. The summed E-state index contributed by atoms with van der Waals surface area (Å²) in [6.45, 7) is 3.47. The smallest absolute Gasteiger partial charge is 0.262 e. The third-order valence-electron chi connectivity index (χ3n) is 7.40. The van der Waals surface area contributed by atoms with E-state index in [1.54, 1.807) is 6.20 Å². The van der Waals surface area contributed by atoms with E-state index in [0.717, 1.165) is 25.1 Å². The summed E-state index contributed by atoms with van der Waals surface area (Å²) in [6, 6.07) is 8.27. The first-order valence-electron chi connectivity index (χ1n) is 11.2. The molecule has 2 aliphatic heterocycles. The van der Waals surface area contributed by atoms with E-state index >= 15 is 0 Å². The SMILES string of the molecule is C[C@H](c1nc2c(cnn2C2CCCC2)c(=O)[nH]1)N1C[C@@H]2C(=O)Nc3ccccc3[C@@H]2C1. The fourth-order valence-electron chi connectivity index (χ4n) is 5.63. The number of aromatic nitrogens is 4. The number of aromatic amines is 1. The molecular formula is C23H26N6O2. The van der Waals surface area contributed by atoms with E-state index < -0.39 is 0 Å². The summed E-state index contributed by atoms with van der Waals surface area (Å²) in [5, 5.41) is 8.09. The average molecular weight is 419 g/mol. The molecule has 3 aromatic rings. The lowest BCUT2D eigenvalue weighted by atomic mass is 9.84. The number of nitrogens with zero attached hydrogens (tertiary/aromatic N) is 4. The Morgan fingerprint density at radius 1 is 1.10 bits per heavy atom. The predicted molar refractivity (Wildman–Crippen MR) is 117 cm³/mol. The van der Waals surface area contributed by atoms with E-state index in [-0.39, 0.29) is 29.3 Å². The molecule has 2 fully saturated rings. The van der Waals surface area contributed by atoms with Gasteiger partial charge < -0.3 is 10.3 Å². The molecule has 2 N–H and O–H groups in total. The van der Waals surface area contributed by atoms with Crippen molar-refractivity contribution >= 4 is 22.6 Å². The van der Waals surface area contributed by atoms with Crippen molar-refractivity contribution in [1.29, 1.82) is 0 Å². The van der Waals surface area contributed by atoms with Crippen molar-refractivity contribution < 1.29 is 4.79 Å². The standard InChI is InChI=1S/C23H26N6O2/c1-13(28-11-17-15-8-4-5-9-19(15)25-23(31)18(17)12-28)20-26-21-16(22(30)27-20)10-24-29(21)14-6-2-3-7-14/h4-5,8-10,13-14,17-18H,2-3,6-7,11-12H2,1H3,(H,25,31)(H,26,27,30)/t13-,17+,18+/m1/s1. The molecule has 1 saturated heterocycles. The Balaban J connectivity index is 1.33. The summed E-state index contributed by atoms with van der Waals surface area (Å²) in [6.07, 6.45) is 6.19. The fraction of sp³-hybridized carbons (Fsp3) is 0.478. The molecule has 3 aliphatic rings. The number of nitrogens with one attached hydrogen (secondary N) is 2. The number of para-hydroxylation sites is 1. The third-order valence-corrected chi connectivity index (χ3v) is 7.40. The molecule has 0 radical (unpaired) electrons. The second kappa shape index (κ2) is 7.02. The zero-order chi connectivity index (χ0) is 21.1. The van der Waals surface area contributed by atoms with E-state index in [2.05, 4.69) is 33.3 Å². The molecule has 6 rings (SSSR count). The van der Waals surface area contributed by atoms with Crippen molar-refractivity contribution in [3.8, 4) is 0 Å². The quantitative estimate of drug-likeness (QED) is 0.682. The number of carbonyl (C=O) groups is 1. The van der Waals surface area contributed by atoms with Crippen molar-refractivity contribution in [2.24, 2.45) is 5.92 Å². The lowest BCUT2D eigenvalue weighted by molar-refractivity contribution is -0.120. The van der Waals surface area contributed by atoms with E-state index in [4.69, 9.17) is 4.98 Å². The number of anilines is 1. The summed E-state index contributed by atoms with van der Waals surface area (Å²) in [5.41, 5.74) is 2.64. The van der Waals surface area contributed by atoms with Crippen LogP contribution in [-0.2, 0) is 4.79 Å². The number of hydrogen-bond acceptors (Lipinski definition) is 5. The first kappa shape index (κ1) is 18.7. The maximum absolute atomic E-state index is 12.8. The predicted octanol–water partition coefficient (Wildman–Crippen LogP) is 2.96. The Kier molecular flexibility index (Phi) is 4.24. The number of benzene rings is 1. The van der Waals surface area contributed by atoms with Gasteiger partial charge in [-0.1, -0.05) is 31.0 Å². The number of amides is 1. The monoisotopic (exact) mass is 418 g/mol. The van der Waals surface area contributed by atoms with Crippen LogP contribution in [0.2, 0.25) is 0 Å². The van der Waals surface area contributed by atoms with Crippen LogP contribution in [0.25, 0.3) is 11.0 Å². The Bertz CT molecular complexity index is 1220. The molecule has 31 heavy (non-hydrogen) atoms. The van der Waals surface area contributed by atoms with Gasteiger partial charge >= 0.3 is 0 Å². The van der Waals surface area contributed by atoms with Gasteiger partial charge in [0.1, 0.15) is 11.2 Å². The van der Waals surface area contributed by atoms with Gasteiger partial charge in [0.05, 0.1) is 24.2 Å². The number of likely N-dealkylation sites (tertiary alicyclic amines) is 1. The average Bonchev–Trinajstić information content (AvgIpc) is 3.52. The summed E-state index contributed by atoms with van der Waals surface area (Å²) >= 11 is 0. The van der Waals surface area contributed by atoms with Gasteiger partial charge in [-0.3, -0.25) is 14.5 Å². The Morgan fingerprint density at radius 2 is 1.87 bits per heavy atom. The van der Waals surface area contributed by atoms with Crippen molar-refractivity contribution in [3.05, 3.63) is 52.2 Å². The lowest BCUT2D eigenvalue weighted by Gasteiger charge is -2.27. The largest absolute Gasteiger partial charge is 0.326 e. The molecule has 0 bridgehead atoms. The number of rotatable bonds is 3. The van der Waals surface area contributed by atoms with Crippen molar-refractivity contribution in [2.75, 3.05) is 18.4 Å². The minimum Gasteiger partial charge on any atom is -0.326 e. The molecule has 0 unspecified atom stereocenters. The highest BCUT2D eigenvalue weighted by Crippen LogP contribution is 2.42. The van der Waals surface area contributed by atoms with Crippen LogP contribution >= 0.6 is 0 Å². The Labute approximate surface area is 179 Å². The Morgan fingerprint density at radius 3 is 2.71 bits per heavy atom. The normalized spacial score (nSPS) is 24.9. The van der Waals surface area contributed by atoms with E-state index in [1.165, 1.54) is 18.4 Å². The first-order valence-corrected chi connectivity index (χ1v) is 11.2. The molecule has 1 amide bonds. The van der Waals surface area contributed by atoms with Gasteiger partial charge in [-0.25, -0.2) is 9.67 Å². The van der Waals surface area contributed by atoms with Crippen LogP contribution in [0.4, 0.5) is 5.69 Å². The van der Waals surface area contributed by atoms with Crippen molar-refractivity contribution in [3.63, 3.8) is 0 Å². The molecular weight excluding hydrogens is 392 g/mol. The van der Waals surface area contributed by atoms with Gasteiger partial charge in [0.15, 0.2) is 5.65 Å². The van der Waals surface area contributed by atoms with E-state index in [9.17, 15) is 9.59 Å². The topological polar surface area (TPSA) is 95.9 Å². The van der Waals surface area contributed by atoms with Crippen molar-refractivity contribution in [1.82, 2.24) is 24.6 Å². The van der Waals surface area contributed by atoms with Gasteiger partial charge in [-0.15, -0.1) is 0 Å². The molecule has 160 valence electrons. The van der Waals surface area contributed by atoms with Crippen molar-refractivity contribution in [2.45, 2.75) is 50.6 Å². The van der Waals surface area contributed by atoms with Crippen LogP contribution in [0.3, 0.4) is 0 Å². The summed E-state index contributed by atoms with van der Waals surface area (Å²) in [5.74, 6) is 0.794. The zero-order valence-electron chi connectivity index (χ0n) is 17.5. The molecule has 3 atom stereocenters. The second-order valence-electron chi connectivity index (χ2n) is 9.14. The van der Waals surface area contributed by atoms with Gasteiger partial charge in [-0.2, -0.15) is 5.10 Å². The van der Waals surface area contributed by atoms with E-state index in [1.807, 2.05) is 22.9 Å². The zero-order valence-corrected chi connectivity index (χ0v) is 17.5. The van der Waals surface area contributed by atoms with Crippen LogP contribution in [-0.4, -0.2) is 43.6 Å². The third kappa shape index (κ3) is 2.92. The Hall–Kier alpha value is -3.00. The summed E-state index contributed by atoms with van der Waals surface area (Å²) in [7, 11) is 0. The number of carbonyl (C=O) groups excluding carboxylic acids is 1. The fourth-order valence-corrected chi connectivity index (χ4v) is 5.63. The highest BCUT2D eigenvalue weighted by Gasteiger charge is 2.44. The molecule has 0 spiro atoms. The minimum atomic E-state index is -0.143. The molecule has 4 heterocycles. The molecule has 1 aromatic carbocycles.